The fourth-order valence-electron chi connectivity index (χ4n) is 4.22. The number of carbonyl (C=O) groups excluding carboxylic acids is 7. The summed E-state index contributed by atoms with van der Waals surface area (Å²) in [5, 5.41) is 12.2. The molecule has 0 saturated carbocycles. The minimum absolute atomic E-state index is 0.0659. The molecule has 0 saturated heterocycles. The van der Waals surface area contributed by atoms with Crippen molar-refractivity contribution in [1.29, 1.82) is 0 Å². The number of benzene rings is 1. The molecule has 1 aromatic rings. The van der Waals surface area contributed by atoms with Crippen LogP contribution in [-0.2, 0) is 54.3 Å². The topological polar surface area (TPSA) is 226 Å². The van der Waals surface area contributed by atoms with Crippen molar-refractivity contribution in [3.8, 4) is 0 Å². The van der Waals surface area contributed by atoms with Crippen LogP contribution in [0, 0.1) is 5.92 Å². The Balaban J connectivity index is 2.63. The van der Waals surface area contributed by atoms with Gasteiger partial charge in [0, 0.05) is 25.8 Å². The number of carbonyl (C=O) groups is 7. The van der Waals surface area contributed by atoms with Gasteiger partial charge in [-0.15, -0.1) is 0 Å². The zero-order chi connectivity index (χ0) is 38.3. The minimum Gasteiger partial charge on any atom is -0.463 e. The van der Waals surface area contributed by atoms with Crippen molar-refractivity contribution in [1.82, 2.24) is 21.3 Å². The first-order chi connectivity index (χ1) is 24.2. The predicted molar refractivity (Wildman–Crippen MR) is 188 cm³/mol. The van der Waals surface area contributed by atoms with Gasteiger partial charge in [-0.2, -0.15) is 0 Å². The van der Waals surface area contributed by atoms with E-state index in [-0.39, 0.29) is 51.5 Å². The number of rotatable bonds is 23. The monoisotopic (exact) mass is 741 g/mol. The molecule has 0 aliphatic carbocycles. The second kappa shape index (κ2) is 24.7. The van der Waals surface area contributed by atoms with Gasteiger partial charge in [-0.3, -0.25) is 24.0 Å². The standard InChI is InChI=1S/C33H51N5O12S/c1-7-25(31(43)48-8-2)50-33(45)49-19-22-9-11-23(12-10-22)36-28(40)21(5)35-30(42)27(20(3)4)38-26(39)14-13-24(37-32(44)51)29(41)34-15-16-47-18-17-46-6/h9-12,20-21,24-25,27H,7-8,13-19H2,1-6H3,(H,34,41)(H,35,42)(H,36,40)(H,38,39)(H2,37,44,51)/t21-,24-,25?,27-/m0/s1. The molecule has 0 heterocycles. The van der Waals surface area contributed by atoms with E-state index in [9.17, 15) is 33.6 Å². The summed E-state index contributed by atoms with van der Waals surface area (Å²) in [5.41, 5.74) is 0.981. The van der Waals surface area contributed by atoms with Crippen molar-refractivity contribution in [3.05, 3.63) is 29.8 Å². The summed E-state index contributed by atoms with van der Waals surface area (Å²) >= 11 is 3.67. The van der Waals surface area contributed by atoms with Gasteiger partial charge in [0.2, 0.25) is 29.7 Å². The lowest BCUT2D eigenvalue weighted by Gasteiger charge is -2.24. The number of anilines is 1. The fraction of sp³-hybridized carbons (Fsp3) is 0.606. The second-order valence-corrected chi connectivity index (χ2v) is 11.9. The average Bonchev–Trinajstić information content (AvgIpc) is 3.08. The van der Waals surface area contributed by atoms with E-state index in [0.717, 1.165) is 0 Å². The molecule has 51 heavy (non-hydrogen) atoms. The molecule has 0 bridgehead atoms. The van der Waals surface area contributed by atoms with Crippen LogP contribution in [0.1, 0.15) is 59.4 Å². The molecule has 286 valence electrons. The third-order valence-corrected chi connectivity index (χ3v) is 7.14. The Morgan fingerprint density at radius 2 is 1.51 bits per heavy atom. The van der Waals surface area contributed by atoms with Gasteiger partial charge in [0.25, 0.3) is 5.24 Å². The molecule has 0 radical (unpaired) electrons. The zero-order valence-electron chi connectivity index (χ0n) is 29.9. The quantitative estimate of drug-likeness (QED) is 0.0537. The van der Waals surface area contributed by atoms with Crippen LogP contribution in [0.2, 0.25) is 0 Å². The number of methoxy groups -OCH3 is 1. The Labute approximate surface area is 303 Å². The van der Waals surface area contributed by atoms with Gasteiger partial charge in [0.1, 0.15) is 24.7 Å². The number of hydrogen-bond donors (Lipinski definition) is 6. The van der Waals surface area contributed by atoms with Crippen LogP contribution in [0.4, 0.5) is 15.3 Å². The first kappa shape index (κ1) is 44.6. The van der Waals surface area contributed by atoms with Crippen LogP contribution in [0.5, 0.6) is 0 Å². The summed E-state index contributed by atoms with van der Waals surface area (Å²) in [6.45, 7) is 9.37. The highest BCUT2D eigenvalue weighted by atomic mass is 32.1. The van der Waals surface area contributed by atoms with E-state index in [1.807, 2.05) is 0 Å². The highest BCUT2D eigenvalue weighted by molar-refractivity contribution is 7.96. The maximum absolute atomic E-state index is 13.1. The van der Waals surface area contributed by atoms with E-state index >= 15 is 0 Å². The molecule has 1 aromatic carbocycles. The number of ether oxygens (including phenoxy) is 5. The molecule has 5 amide bonds. The molecular formula is C33H51N5O12S. The molecule has 0 aromatic heterocycles. The van der Waals surface area contributed by atoms with E-state index in [1.165, 1.54) is 14.0 Å². The first-order valence-electron chi connectivity index (χ1n) is 16.6. The van der Waals surface area contributed by atoms with Crippen LogP contribution in [0.25, 0.3) is 0 Å². The van der Waals surface area contributed by atoms with E-state index in [2.05, 4.69) is 39.2 Å². The summed E-state index contributed by atoms with van der Waals surface area (Å²) in [4.78, 5) is 86.6. The lowest BCUT2D eigenvalue weighted by molar-refractivity contribution is -0.154. The van der Waals surface area contributed by atoms with Crippen LogP contribution >= 0.6 is 12.6 Å². The van der Waals surface area contributed by atoms with E-state index in [1.54, 1.807) is 52.0 Å². The fourth-order valence-corrected chi connectivity index (χ4v) is 4.37. The number of hydrogen-bond acceptors (Lipinski definition) is 12. The SMILES string of the molecule is CCOC(=O)C(CC)OC(=O)OCc1ccc(NC(=O)[C@H](C)NC(=O)[C@@H](NC(=O)CC[C@H](NC(=O)S)C(=O)NCCOCCOC)C(C)C)cc1. The van der Waals surface area contributed by atoms with Crippen molar-refractivity contribution in [2.75, 3.05) is 45.4 Å². The van der Waals surface area contributed by atoms with Gasteiger partial charge < -0.3 is 50.3 Å². The van der Waals surface area contributed by atoms with Crippen molar-refractivity contribution in [3.63, 3.8) is 0 Å². The van der Waals surface area contributed by atoms with Gasteiger partial charge in [-0.05, 0) is 50.3 Å². The van der Waals surface area contributed by atoms with Crippen LogP contribution in [0.15, 0.2) is 24.3 Å². The summed E-state index contributed by atoms with van der Waals surface area (Å²) in [6, 6.07) is 3.31. The summed E-state index contributed by atoms with van der Waals surface area (Å²) in [5.74, 6) is -3.22. The lowest BCUT2D eigenvalue weighted by atomic mass is 10.0. The summed E-state index contributed by atoms with van der Waals surface area (Å²) in [7, 11) is 1.54. The molecule has 17 nitrogen and oxygen atoms in total. The van der Waals surface area contributed by atoms with Crippen LogP contribution in [0.3, 0.4) is 0 Å². The molecule has 5 N–H and O–H groups in total. The molecule has 0 fully saturated rings. The Morgan fingerprint density at radius 3 is 2.10 bits per heavy atom. The summed E-state index contributed by atoms with van der Waals surface area (Å²) < 4.78 is 25.1. The molecule has 0 aliphatic heterocycles. The van der Waals surface area contributed by atoms with Crippen molar-refractivity contribution in [2.45, 2.75) is 84.7 Å². The van der Waals surface area contributed by atoms with Crippen molar-refractivity contribution in [2.24, 2.45) is 5.92 Å². The average molecular weight is 742 g/mol. The number of thiol groups is 1. The first-order valence-corrected chi connectivity index (χ1v) is 17.0. The van der Waals surface area contributed by atoms with Gasteiger partial charge in [0.05, 0.1) is 26.4 Å². The second-order valence-electron chi connectivity index (χ2n) is 11.4. The molecule has 1 rings (SSSR count). The van der Waals surface area contributed by atoms with Gasteiger partial charge in [-0.1, -0.05) is 45.5 Å². The van der Waals surface area contributed by atoms with E-state index in [4.69, 9.17) is 23.7 Å². The van der Waals surface area contributed by atoms with E-state index < -0.39 is 65.2 Å². The van der Waals surface area contributed by atoms with Crippen LogP contribution < -0.4 is 26.6 Å². The van der Waals surface area contributed by atoms with Crippen LogP contribution in [-0.4, -0.2) is 105 Å². The zero-order valence-corrected chi connectivity index (χ0v) is 30.8. The molecule has 4 atom stereocenters. The third-order valence-electron chi connectivity index (χ3n) is 7.01. The Hall–Kier alpha value is -4.42. The molecule has 0 aliphatic rings. The maximum atomic E-state index is 13.1. The highest BCUT2D eigenvalue weighted by Gasteiger charge is 2.28. The minimum atomic E-state index is -1.07. The molecule has 0 spiro atoms. The smallest absolute Gasteiger partial charge is 0.463 e. The van der Waals surface area contributed by atoms with Crippen molar-refractivity contribution >= 4 is 59.3 Å². The molecule has 18 heteroatoms. The van der Waals surface area contributed by atoms with Gasteiger partial charge in [-0.25, -0.2) is 9.59 Å². The Bertz CT molecular complexity index is 1300. The number of amides is 5. The van der Waals surface area contributed by atoms with E-state index in [0.29, 0.717) is 24.5 Å². The summed E-state index contributed by atoms with van der Waals surface area (Å²) in [6.07, 6.45) is -2.14. The largest absolute Gasteiger partial charge is 0.509 e. The molecule has 1 unspecified atom stereocenters. The number of nitrogens with one attached hydrogen (secondary N) is 5. The van der Waals surface area contributed by atoms with Gasteiger partial charge >= 0.3 is 12.1 Å². The number of esters is 1. The predicted octanol–water partition coefficient (Wildman–Crippen LogP) is 1.83. The maximum Gasteiger partial charge on any atom is 0.509 e. The third kappa shape index (κ3) is 18.4. The Morgan fingerprint density at radius 1 is 0.824 bits per heavy atom. The van der Waals surface area contributed by atoms with Gasteiger partial charge in [0.15, 0.2) is 0 Å². The lowest BCUT2D eigenvalue weighted by Crippen LogP contribution is -2.54. The Kier molecular flexibility index (Phi) is 21.6. The molecular weight excluding hydrogens is 690 g/mol. The highest BCUT2D eigenvalue weighted by Crippen LogP contribution is 2.13. The van der Waals surface area contributed by atoms with Crippen molar-refractivity contribution < 1.29 is 57.2 Å². The normalized spacial score (nSPS) is 13.1.